The minimum Gasteiger partial charge on any atom is -0.495 e. The van der Waals surface area contributed by atoms with Crippen LogP contribution in [-0.4, -0.2) is 31.5 Å². The number of rotatable bonds is 7. The second-order valence-corrected chi connectivity index (χ2v) is 6.71. The number of nitrogens with one attached hydrogen (secondary N) is 2. The summed E-state index contributed by atoms with van der Waals surface area (Å²) in [5, 5.41) is 5.42. The molecule has 3 rings (SSSR count). The third-order valence-electron chi connectivity index (χ3n) is 4.54. The average molecular weight is 382 g/mol. The first kappa shape index (κ1) is 19.4. The number of benzene rings is 2. The molecule has 1 saturated carbocycles. The fourth-order valence-electron chi connectivity index (χ4n) is 2.74. The second-order valence-electron chi connectivity index (χ2n) is 6.71. The number of esters is 1. The van der Waals surface area contributed by atoms with Gasteiger partial charge < -0.3 is 20.1 Å². The van der Waals surface area contributed by atoms with Crippen LogP contribution in [0.4, 0.5) is 11.4 Å². The lowest BCUT2D eigenvalue weighted by atomic mass is 10.2. The zero-order valence-electron chi connectivity index (χ0n) is 15.7. The quantitative estimate of drug-likeness (QED) is 0.718. The average Bonchev–Trinajstić information content (AvgIpc) is 3.44. The molecule has 28 heavy (non-hydrogen) atoms. The lowest BCUT2D eigenvalue weighted by molar-refractivity contribution is -0.148. The molecule has 1 aliphatic carbocycles. The van der Waals surface area contributed by atoms with E-state index in [2.05, 4.69) is 10.6 Å². The summed E-state index contributed by atoms with van der Waals surface area (Å²) in [6.07, 6.45) is 0.818. The maximum atomic E-state index is 12.4. The molecule has 7 heteroatoms. The lowest BCUT2D eigenvalue weighted by Gasteiger charge is -2.10. The SMILES string of the molecule is COc1ccccc1NC(=O)c1ccc(NC(=O)COC(=O)[C@@H]2C[C@@H]2C)cc1. The van der Waals surface area contributed by atoms with Gasteiger partial charge in [-0.25, -0.2) is 0 Å². The summed E-state index contributed by atoms with van der Waals surface area (Å²) in [5.74, 6) is -0.220. The number of amides is 2. The summed E-state index contributed by atoms with van der Waals surface area (Å²) >= 11 is 0. The van der Waals surface area contributed by atoms with Crippen LogP contribution >= 0.6 is 0 Å². The molecule has 0 heterocycles. The van der Waals surface area contributed by atoms with Crippen molar-refractivity contribution in [2.45, 2.75) is 13.3 Å². The van der Waals surface area contributed by atoms with Crippen molar-refractivity contribution in [3.63, 3.8) is 0 Å². The van der Waals surface area contributed by atoms with Crippen LogP contribution in [0.15, 0.2) is 48.5 Å². The van der Waals surface area contributed by atoms with Gasteiger partial charge in [-0.3, -0.25) is 14.4 Å². The summed E-state index contributed by atoms with van der Waals surface area (Å²) in [4.78, 5) is 35.9. The van der Waals surface area contributed by atoms with Crippen molar-refractivity contribution in [2.24, 2.45) is 11.8 Å². The molecule has 2 amide bonds. The van der Waals surface area contributed by atoms with Gasteiger partial charge >= 0.3 is 5.97 Å². The lowest BCUT2D eigenvalue weighted by Crippen LogP contribution is -2.21. The molecule has 1 fully saturated rings. The summed E-state index contributed by atoms with van der Waals surface area (Å²) in [6.45, 7) is 1.65. The molecular formula is C21H22N2O5. The van der Waals surface area contributed by atoms with Crippen LogP contribution in [0.25, 0.3) is 0 Å². The van der Waals surface area contributed by atoms with Crippen molar-refractivity contribution < 1.29 is 23.9 Å². The van der Waals surface area contributed by atoms with Gasteiger partial charge in [-0.1, -0.05) is 19.1 Å². The number of hydrogen-bond acceptors (Lipinski definition) is 5. The van der Waals surface area contributed by atoms with Crippen molar-refractivity contribution >= 4 is 29.2 Å². The highest BCUT2D eigenvalue weighted by Gasteiger charge is 2.40. The third-order valence-corrected chi connectivity index (χ3v) is 4.54. The molecule has 146 valence electrons. The predicted octanol–water partition coefficient (Wildman–Crippen LogP) is 3.09. The molecular weight excluding hydrogens is 360 g/mol. The van der Waals surface area contributed by atoms with E-state index in [1.165, 1.54) is 7.11 Å². The molecule has 0 aliphatic heterocycles. The number of methoxy groups -OCH3 is 1. The van der Waals surface area contributed by atoms with E-state index in [1.807, 2.05) is 13.0 Å². The topological polar surface area (TPSA) is 93.7 Å². The van der Waals surface area contributed by atoms with Gasteiger partial charge in [-0.2, -0.15) is 0 Å². The highest BCUT2D eigenvalue weighted by Crippen LogP contribution is 2.38. The Hall–Kier alpha value is -3.35. The Kier molecular flexibility index (Phi) is 5.93. The first-order valence-electron chi connectivity index (χ1n) is 8.99. The van der Waals surface area contributed by atoms with Gasteiger partial charge in [0.15, 0.2) is 6.61 Å². The van der Waals surface area contributed by atoms with Crippen molar-refractivity contribution in [1.82, 2.24) is 0 Å². The second kappa shape index (κ2) is 8.56. The first-order valence-corrected chi connectivity index (χ1v) is 8.99. The number of ether oxygens (including phenoxy) is 2. The summed E-state index contributed by atoms with van der Waals surface area (Å²) < 4.78 is 10.2. The molecule has 0 unspecified atom stereocenters. The van der Waals surface area contributed by atoms with Crippen molar-refractivity contribution in [2.75, 3.05) is 24.4 Å². The number of para-hydroxylation sites is 2. The number of carbonyl (C=O) groups is 3. The fourth-order valence-corrected chi connectivity index (χ4v) is 2.74. The van der Waals surface area contributed by atoms with Gasteiger partial charge in [0, 0.05) is 11.3 Å². The highest BCUT2D eigenvalue weighted by molar-refractivity contribution is 6.05. The van der Waals surface area contributed by atoms with E-state index in [0.717, 1.165) is 6.42 Å². The highest BCUT2D eigenvalue weighted by atomic mass is 16.5. The fraction of sp³-hybridized carbons (Fsp3) is 0.286. The Morgan fingerprint density at radius 3 is 2.36 bits per heavy atom. The van der Waals surface area contributed by atoms with E-state index < -0.39 is 5.91 Å². The monoisotopic (exact) mass is 382 g/mol. The van der Waals surface area contributed by atoms with E-state index >= 15 is 0 Å². The van der Waals surface area contributed by atoms with Crippen molar-refractivity contribution in [3.05, 3.63) is 54.1 Å². The molecule has 2 aromatic rings. The largest absolute Gasteiger partial charge is 0.495 e. The van der Waals surface area contributed by atoms with Gasteiger partial charge in [0.05, 0.1) is 18.7 Å². The van der Waals surface area contributed by atoms with E-state index in [-0.39, 0.29) is 24.4 Å². The minimum absolute atomic E-state index is 0.0752. The van der Waals surface area contributed by atoms with Crippen molar-refractivity contribution in [3.8, 4) is 5.75 Å². The Morgan fingerprint density at radius 2 is 1.71 bits per heavy atom. The molecule has 2 atom stereocenters. The first-order chi connectivity index (χ1) is 13.5. The van der Waals surface area contributed by atoms with E-state index in [9.17, 15) is 14.4 Å². The summed E-state index contributed by atoms with van der Waals surface area (Å²) in [6, 6.07) is 13.5. The molecule has 0 saturated heterocycles. The van der Waals surface area contributed by atoms with E-state index in [4.69, 9.17) is 9.47 Å². The molecule has 0 spiro atoms. The van der Waals surface area contributed by atoms with Crippen LogP contribution in [0.1, 0.15) is 23.7 Å². The molecule has 7 nitrogen and oxygen atoms in total. The smallest absolute Gasteiger partial charge is 0.309 e. The minimum atomic E-state index is -0.423. The standard InChI is InChI=1S/C21H22N2O5/c1-13-11-16(13)21(26)28-12-19(24)22-15-9-7-14(8-10-15)20(25)23-17-5-3-4-6-18(17)27-2/h3-10,13,16H,11-12H2,1-2H3,(H,22,24)(H,23,25)/t13-,16+/m0/s1. The third kappa shape index (κ3) is 4.88. The number of hydrogen-bond donors (Lipinski definition) is 2. The maximum absolute atomic E-state index is 12.4. The molecule has 2 aromatic carbocycles. The van der Waals surface area contributed by atoms with Crippen LogP contribution in [0.5, 0.6) is 5.75 Å². The summed E-state index contributed by atoms with van der Waals surface area (Å²) in [5.41, 5.74) is 1.51. The van der Waals surface area contributed by atoms with Gasteiger partial charge in [0.2, 0.25) is 0 Å². The molecule has 0 radical (unpaired) electrons. The summed E-state index contributed by atoms with van der Waals surface area (Å²) in [7, 11) is 1.53. The number of anilines is 2. The predicted molar refractivity (Wildman–Crippen MR) is 104 cm³/mol. The van der Waals surface area contributed by atoms with Crippen LogP contribution < -0.4 is 15.4 Å². The molecule has 2 N–H and O–H groups in total. The van der Waals surface area contributed by atoms with Crippen LogP contribution in [0.2, 0.25) is 0 Å². The van der Waals surface area contributed by atoms with Gasteiger partial charge in [0.25, 0.3) is 11.8 Å². The molecule has 0 bridgehead atoms. The Bertz CT molecular complexity index is 879. The Labute approximate surface area is 163 Å². The number of carbonyl (C=O) groups excluding carboxylic acids is 3. The van der Waals surface area contributed by atoms with Crippen LogP contribution in [0.3, 0.4) is 0 Å². The molecule has 0 aromatic heterocycles. The van der Waals surface area contributed by atoms with Gasteiger partial charge in [-0.15, -0.1) is 0 Å². The van der Waals surface area contributed by atoms with Crippen molar-refractivity contribution in [1.29, 1.82) is 0 Å². The van der Waals surface area contributed by atoms with Gasteiger partial charge in [-0.05, 0) is 48.7 Å². The molecule has 1 aliphatic rings. The Morgan fingerprint density at radius 1 is 1.04 bits per heavy atom. The van der Waals surface area contributed by atoms with Crippen LogP contribution in [0, 0.1) is 11.8 Å². The van der Waals surface area contributed by atoms with Gasteiger partial charge in [0.1, 0.15) is 5.75 Å². The zero-order valence-corrected chi connectivity index (χ0v) is 15.7. The van der Waals surface area contributed by atoms with Crippen LogP contribution in [-0.2, 0) is 14.3 Å². The Balaban J connectivity index is 1.52. The maximum Gasteiger partial charge on any atom is 0.309 e. The van der Waals surface area contributed by atoms with E-state index in [0.29, 0.717) is 28.6 Å². The van der Waals surface area contributed by atoms with E-state index in [1.54, 1.807) is 42.5 Å². The zero-order chi connectivity index (χ0) is 20.1. The normalized spacial score (nSPS) is 17.4.